The second-order valence-corrected chi connectivity index (χ2v) is 8.83. The largest absolute Gasteiger partial charge is 0.472 e. The van der Waals surface area contributed by atoms with Crippen molar-refractivity contribution < 1.29 is 28.5 Å². The van der Waals surface area contributed by atoms with Gasteiger partial charge in [-0.3, -0.25) is 4.79 Å². The highest BCUT2D eigenvalue weighted by Crippen LogP contribution is 2.36. The van der Waals surface area contributed by atoms with Crippen LogP contribution in [0.1, 0.15) is 45.4 Å². The summed E-state index contributed by atoms with van der Waals surface area (Å²) in [5.74, 6) is -0.891. The first-order chi connectivity index (χ1) is 14.5. The molecule has 0 aromatic carbocycles. The summed E-state index contributed by atoms with van der Waals surface area (Å²) in [4.78, 5) is 19.6. The molecular weight excluding hydrogens is 413 g/mol. The SMILES string of the molecule is C[C@@H](CO[C@H]1CC[C@H](Oc2ncc3nc(OC4CC4)sc3c2F)CC1)NC(=O)CO. The van der Waals surface area contributed by atoms with Gasteiger partial charge in [0, 0.05) is 6.04 Å². The molecule has 30 heavy (non-hydrogen) atoms. The number of ether oxygens (including phenoxy) is 3. The Morgan fingerprint density at radius 1 is 1.23 bits per heavy atom. The van der Waals surface area contributed by atoms with E-state index in [0.29, 0.717) is 22.0 Å². The van der Waals surface area contributed by atoms with Crippen LogP contribution in [0.3, 0.4) is 0 Å². The lowest BCUT2D eigenvalue weighted by Gasteiger charge is -2.29. The van der Waals surface area contributed by atoms with Gasteiger partial charge in [0.15, 0.2) is 0 Å². The average Bonchev–Trinajstić information content (AvgIpc) is 3.46. The number of aliphatic hydroxyl groups is 1. The molecule has 2 aliphatic rings. The van der Waals surface area contributed by atoms with E-state index in [9.17, 15) is 9.18 Å². The highest BCUT2D eigenvalue weighted by atomic mass is 32.1. The van der Waals surface area contributed by atoms with E-state index >= 15 is 0 Å². The molecule has 8 nitrogen and oxygen atoms in total. The number of aliphatic hydroxyl groups excluding tert-OH is 1. The molecular formula is C20H26FN3O5S. The maximum atomic E-state index is 14.9. The van der Waals surface area contributed by atoms with Gasteiger partial charge in [0.05, 0.1) is 18.9 Å². The van der Waals surface area contributed by atoms with Crippen molar-refractivity contribution in [2.24, 2.45) is 0 Å². The zero-order valence-electron chi connectivity index (χ0n) is 16.8. The number of hydrogen-bond acceptors (Lipinski definition) is 8. The highest BCUT2D eigenvalue weighted by molar-refractivity contribution is 7.20. The number of carbonyl (C=O) groups excluding carboxylic acids is 1. The van der Waals surface area contributed by atoms with E-state index in [1.54, 1.807) is 0 Å². The van der Waals surface area contributed by atoms with Crippen LogP contribution < -0.4 is 14.8 Å². The van der Waals surface area contributed by atoms with Crippen molar-refractivity contribution >= 4 is 27.5 Å². The molecule has 2 aromatic heterocycles. The zero-order chi connectivity index (χ0) is 21.1. The van der Waals surface area contributed by atoms with Crippen LogP contribution in [0.2, 0.25) is 0 Å². The summed E-state index contributed by atoms with van der Waals surface area (Å²) < 4.78 is 32.6. The van der Waals surface area contributed by atoms with Crippen LogP contribution in [0, 0.1) is 5.82 Å². The Balaban J connectivity index is 1.27. The lowest BCUT2D eigenvalue weighted by Crippen LogP contribution is -2.39. The Bertz CT molecular complexity index is 883. The number of thiazole rings is 1. The minimum Gasteiger partial charge on any atom is -0.472 e. The van der Waals surface area contributed by atoms with Crippen molar-refractivity contribution in [3.05, 3.63) is 12.0 Å². The Hall–Kier alpha value is -2.04. The van der Waals surface area contributed by atoms with E-state index in [1.807, 2.05) is 6.92 Å². The fraction of sp³-hybridized carbons (Fsp3) is 0.650. The van der Waals surface area contributed by atoms with E-state index in [-0.39, 0.29) is 30.2 Å². The monoisotopic (exact) mass is 439 g/mol. The molecule has 4 rings (SSSR count). The van der Waals surface area contributed by atoms with Crippen LogP contribution >= 0.6 is 11.3 Å². The number of fused-ring (bicyclic) bond motifs is 1. The first kappa shape index (κ1) is 21.2. The minimum absolute atomic E-state index is 0.00817. The third kappa shape index (κ3) is 5.35. The summed E-state index contributed by atoms with van der Waals surface area (Å²) in [6.07, 6.45) is 6.78. The van der Waals surface area contributed by atoms with Crippen LogP contribution in [-0.2, 0) is 9.53 Å². The Kier molecular flexibility index (Phi) is 6.64. The van der Waals surface area contributed by atoms with Crippen LogP contribution in [-0.4, -0.2) is 58.5 Å². The molecule has 0 unspecified atom stereocenters. The molecule has 1 amide bonds. The molecule has 0 saturated heterocycles. The first-order valence-corrected chi connectivity index (χ1v) is 11.1. The van der Waals surface area contributed by atoms with Crippen LogP contribution in [0.15, 0.2) is 6.20 Å². The standard InChI is InChI=1S/C20H26FN3O5S/c1-11(23-16(26)9-25)10-27-12-2-4-13(5-3-12)28-19-17(21)18-15(8-22-19)24-20(30-18)29-14-6-7-14/h8,11-14,25H,2-7,9-10H2,1H3,(H,23,26)/t11-,12-,13-/m0/s1. The van der Waals surface area contributed by atoms with Gasteiger partial charge in [-0.15, -0.1) is 0 Å². The molecule has 0 bridgehead atoms. The first-order valence-electron chi connectivity index (χ1n) is 10.3. The third-order valence-electron chi connectivity index (χ3n) is 5.15. The van der Waals surface area contributed by atoms with Gasteiger partial charge in [0.1, 0.15) is 29.0 Å². The number of nitrogens with one attached hydrogen (secondary N) is 1. The fourth-order valence-corrected chi connectivity index (χ4v) is 4.29. The van der Waals surface area contributed by atoms with Gasteiger partial charge >= 0.3 is 0 Å². The second kappa shape index (κ2) is 9.40. The summed E-state index contributed by atoms with van der Waals surface area (Å²) in [5, 5.41) is 11.9. The Morgan fingerprint density at radius 2 is 1.90 bits per heavy atom. The number of aromatic nitrogens is 2. The molecule has 164 valence electrons. The summed E-state index contributed by atoms with van der Waals surface area (Å²) >= 11 is 1.19. The third-order valence-corrected chi connectivity index (χ3v) is 6.10. The number of halogens is 1. The van der Waals surface area contributed by atoms with Gasteiger partial charge in [-0.2, -0.15) is 4.39 Å². The lowest BCUT2D eigenvalue weighted by atomic mass is 9.95. The Morgan fingerprint density at radius 3 is 2.60 bits per heavy atom. The van der Waals surface area contributed by atoms with Crippen molar-refractivity contribution in [1.29, 1.82) is 0 Å². The van der Waals surface area contributed by atoms with E-state index in [4.69, 9.17) is 19.3 Å². The van der Waals surface area contributed by atoms with E-state index in [2.05, 4.69) is 15.3 Å². The number of rotatable bonds is 9. The number of pyridine rings is 1. The van der Waals surface area contributed by atoms with Crippen molar-refractivity contribution in [3.63, 3.8) is 0 Å². The van der Waals surface area contributed by atoms with Crippen molar-refractivity contribution in [2.45, 2.75) is 69.8 Å². The van der Waals surface area contributed by atoms with Gasteiger partial charge < -0.3 is 24.6 Å². The number of hydrogen-bond donors (Lipinski definition) is 2. The fourth-order valence-electron chi connectivity index (χ4n) is 3.41. The van der Waals surface area contributed by atoms with Gasteiger partial charge in [-0.05, 0) is 45.4 Å². The van der Waals surface area contributed by atoms with Gasteiger partial charge in [0.2, 0.25) is 11.7 Å². The lowest BCUT2D eigenvalue weighted by molar-refractivity contribution is -0.125. The minimum atomic E-state index is -0.528. The number of amides is 1. The van der Waals surface area contributed by atoms with Crippen LogP contribution in [0.5, 0.6) is 11.1 Å². The number of nitrogens with zero attached hydrogens (tertiary/aromatic N) is 2. The molecule has 2 saturated carbocycles. The maximum Gasteiger partial charge on any atom is 0.274 e. The van der Waals surface area contributed by atoms with E-state index in [0.717, 1.165) is 38.5 Å². The zero-order valence-corrected chi connectivity index (χ0v) is 17.6. The highest BCUT2D eigenvalue weighted by Gasteiger charge is 2.27. The molecule has 0 aliphatic heterocycles. The molecule has 2 aliphatic carbocycles. The van der Waals surface area contributed by atoms with Crippen molar-refractivity contribution in [2.75, 3.05) is 13.2 Å². The maximum absolute atomic E-state index is 14.9. The molecule has 2 N–H and O–H groups in total. The van der Waals surface area contributed by atoms with E-state index < -0.39 is 18.3 Å². The topological polar surface area (TPSA) is 103 Å². The van der Waals surface area contributed by atoms with Gasteiger partial charge in [-0.1, -0.05) is 11.3 Å². The van der Waals surface area contributed by atoms with Crippen molar-refractivity contribution in [1.82, 2.24) is 15.3 Å². The van der Waals surface area contributed by atoms with Gasteiger partial charge in [-0.25, -0.2) is 9.97 Å². The quantitative estimate of drug-likeness (QED) is 0.619. The molecule has 2 heterocycles. The second-order valence-electron chi connectivity index (χ2n) is 7.87. The summed E-state index contributed by atoms with van der Waals surface area (Å²) in [5.41, 5.74) is 0.486. The molecule has 1 atom stereocenters. The molecule has 0 radical (unpaired) electrons. The molecule has 2 aromatic rings. The Labute approximate surface area is 177 Å². The van der Waals surface area contributed by atoms with Crippen LogP contribution in [0.4, 0.5) is 4.39 Å². The summed E-state index contributed by atoms with van der Waals surface area (Å²) in [7, 11) is 0. The predicted octanol–water partition coefficient (Wildman–Crippen LogP) is 2.58. The average molecular weight is 440 g/mol. The summed E-state index contributed by atoms with van der Waals surface area (Å²) in [6.45, 7) is 1.68. The molecule has 10 heteroatoms. The van der Waals surface area contributed by atoms with Crippen LogP contribution in [0.25, 0.3) is 10.2 Å². The smallest absolute Gasteiger partial charge is 0.274 e. The van der Waals surface area contributed by atoms with Gasteiger partial charge in [0.25, 0.3) is 11.1 Å². The van der Waals surface area contributed by atoms with E-state index in [1.165, 1.54) is 17.5 Å². The molecule has 2 fully saturated rings. The normalized spacial score (nSPS) is 22.6. The summed E-state index contributed by atoms with van der Waals surface area (Å²) in [6, 6.07) is -0.170. The predicted molar refractivity (Wildman–Crippen MR) is 108 cm³/mol. The molecule has 0 spiro atoms. The van der Waals surface area contributed by atoms with Crippen molar-refractivity contribution in [3.8, 4) is 11.1 Å². The number of carbonyl (C=O) groups is 1.